The maximum atomic E-state index is 11.3. The third-order valence-corrected chi connectivity index (χ3v) is 3.57. The third kappa shape index (κ3) is 6.01. The molecular formula is C15H24Cl2N2O3. The molecule has 1 saturated heterocycles. The molecule has 1 heterocycles. The van der Waals surface area contributed by atoms with Crippen molar-refractivity contribution in [3.8, 4) is 5.75 Å². The predicted molar refractivity (Wildman–Crippen MR) is 91.1 cm³/mol. The SMILES string of the molecule is COC(=O)C(N)c1ccc(OCCN2CCCC2)cc1.Cl.Cl. The average Bonchev–Trinajstić information content (AvgIpc) is 2.99. The van der Waals surface area contributed by atoms with Crippen LogP contribution < -0.4 is 10.5 Å². The fourth-order valence-electron chi connectivity index (χ4n) is 2.33. The van der Waals surface area contributed by atoms with Crippen LogP contribution in [0.5, 0.6) is 5.75 Å². The van der Waals surface area contributed by atoms with Crippen molar-refractivity contribution in [2.45, 2.75) is 18.9 Å². The molecule has 7 heteroatoms. The number of likely N-dealkylation sites (tertiary alicyclic amines) is 1. The number of hydrogen-bond donors (Lipinski definition) is 1. The second kappa shape index (κ2) is 10.7. The van der Waals surface area contributed by atoms with Crippen molar-refractivity contribution in [1.82, 2.24) is 4.90 Å². The van der Waals surface area contributed by atoms with E-state index in [0.717, 1.165) is 17.9 Å². The summed E-state index contributed by atoms with van der Waals surface area (Å²) < 4.78 is 10.3. The van der Waals surface area contributed by atoms with Crippen molar-refractivity contribution < 1.29 is 14.3 Å². The molecule has 1 aliphatic rings. The van der Waals surface area contributed by atoms with Crippen molar-refractivity contribution in [1.29, 1.82) is 0 Å². The molecule has 0 spiro atoms. The summed E-state index contributed by atoms with van der Waals surface area (Å²) in [5.41, 5.74) is 6.49. The molecule has 0 bridgehead atoms. The van der Waals surface area contributed by atoms with Gasteiger partial charge in [-0.05, 0) is 43.6 Å². The van der Waals surface area contributed by atoms with Crippen LogP contribution in [0.15, 0.2) is 24.3 Å². The van der Waals surface area contributed by atoms with Gasteiger partial charge in [0, 0.05) is 6.54 Å². The molecule has 1 aromatic rings. The van der Waals surface area contributed by atoms with Gasteiger partial charge in [-0.1, -0.05) is 12.1 Å². The van der Waals surface area contributed by atoms with E-state index in [1.165, 1.54) is 33.0 Å². The Morgan fingerprint density at radius 3 is 2.36 bits per heavy atom. The third-order valence-electron chi connectivity index (χ3n) is 3.57. The lowest BCUT2D eigenvalue weighted by Crippen LogP contribution is -2.25. The standard InChI is InChI=1S/C15H22N2O3.2ClH/c1-19-15(18)14(16)12-4-6-13(7-5-12)20-11-10-17-8-2-3-9-17;;/h4-7,14H,2-3,8-11,16H2,1H3;2*1H. The van der Waals surface area contributed by atoms with Crippen molar-refractivity contribution in [3.63, 3.8) is 0 Å². The topological polar surface area (TPSA) is 64.8 Å². The van der Waals surface area contributed by atoms with Crippen LogP contribution in [0, 0.1) is 0 Å². The maximum Gasteiger partial charge on any atom is 0.327 e. The fraction of sp³-hybridized carbons (Fsp3) is 0.533. The molecular weight excluding hydrogens is 327 g/mol. The Morgan fingerprint density at radius 1 is 1.23 bits per heavy atom. The van der Waals surface area contributed by atoms with Crippen LogP contribution in [0.3, 0.4) is 0 Å². The van der Waals surface area contributed by atoms with Gasteiger partial charge in [-0.15, -0.1) is 24.8 Å². The number of nitrogens with two attached hydrogens (primary N) is 1. The Kier molecular flexibility index (Phi) is 10.2. The fourth-order valence-corrected chi connectivity index (χ4v) is 2.33. The summed E-state index contributed by atoms with van der Waals surface area (Å²) in [6.45, 7) is 4.00. The summed E-state index contributed by atoms with van der Waals surface area (Å²) in [7, 11) is 1.33. The van der Waals surface area contributed by atoms with Crippen LogP contribution in [0.4, 0.5) is 0 Å². The summed E-state index contributed by atoms with van der Waals surface area (Å²) >= 11 is 0. The van der Waals surface area contributed by atoms with E-state index >= 15 is 0 Å². The van der Waals surface area contributed by atoms with E-state index in [9.17, 15) is 4.79 Å². The summed E-state index contributed by atoms with van der Waals surface area (Å²) in [5, 5.41) is 0. The van der Waals surface area contributed by atoms with Crippen LogP contribution in [-0.4, -0.2) is 44.2 Å². The van der Waals surface area contributed by atoms with E-state index in [2.05, 4.69) is 9.64 Å². The molecule has 0 aliphatic carbocycles. The van der Waals surface area contributed by atoms with Gasteiger partial charge in [0.2, 0.25) is 0 Å². The van der Waals surface area contributed by atoms with E-state index in [1.54, 1.807) is 12.1 Å². The highest BCUT2D eigenvalue weighted by molar-refractivity contribution is 5.85. The van der Waals surface area contributed by atoms with Crippen molar-refractivity contribution in [3.05, 3.63) is 29.8 Å². The molecule has 2 N–H and O–H groups in total. The summed E-state index contributed by atoms with van der Waals surface area (Å²) in [5.74, 6) is 0.359. The van der Waals surface area contributed by atoms with E-state index in [-0.39, 0.29) is 24.8 Å². The van der Waals surface area contributed by atoms with Crippen LogP contribution in [0.2, 0.25) is 0 Å². The van der Waals surface area contributed by atoms with Crippen molar-refractivity contribution in [2.24, 2.45) is 5.73 Å². The zero-order chi connectivity index (χ0) is 14.4. The number of rotatable bonds is 6. The first-order valence-electron chi connectivity index (χ1n) is 6.99. The smallest absolute Gasteiger partial charge is 0.327 e. The Bertz CT molecular complexity index is 437. The largest absolute Gasteiger partial charge is 0.492 e. The maximum absolute atomic E-state index is 11.3. The number of methoxy groups -OCH3 is 1. The number of esters is 1. The van der Waals surface area contributed by atoms with E-state index in [0.29, 0.717) is 6.61 Å². The predicted octanol–water partition coefficient (Wildman–Crippen LogP) is 2.18. The number of halogens is 2. The number of ether oxygens (including phenoxy) is 2. The highest BCUT2D eigenvalue weighted by Gasteiger charge is 2.16. The minimum atomic E-state index is -0.737. The second-order valence-corrected chi connectivity index (χ2v) is 4.97. The highest BCUT2D eigenvalue weighted by atomic mass is 35.5. The van der Waals surface area contributed by atoms with Gasteiger partial charge in [-0.2, -0.15) is 0 Å². The van der Waals surface area contributed by atoms with E-state index in [4.69, 9.17) is 10.5 Å². The molecule has 0 amide bonds. The molecule has 0 saturated carbocycles. The van der Waals surface area contributed by atoms with Gasteiger partial charge < -0.3 is 15.2 Å². The van der Waals surface area contributed by atoms with E-state index < -0.39 is 12.0 Å². The van der Waals surface area contributed by atoms with Crippen LogP contribution in [-0.2, 0) is 9.53 Å². The second-order valence-electron chi connectivity index (χ2n) is 4.97. The van der Waals surface area contributed by atoms with Gasteiger partial charge in [-0.25, -0.2) is 0 Å². The first kappa shape index (κ1) is 21.0. The Balaban J connectivity index is 0.00000220. The molecule has 126 valence electrons. The number of benzene rings is 1. The molecule has 1 atom stereocenters. The zero-order valence-corrected chi connectivity index (χ0v) is 14.3. The molecule has 0 aromatic heterocycles. The first-order valence-corrected chi connectivity index (χ1v) is 6.99. The number of hydrogen-bond acceptors (Lipinski definition) is 5. The number of nitrogens with zero attached hydrogens (tertiary/aromatic N) is 1. The Labute approximate surface area is 144 Å². The zero-order valence-electron chi connectivity index (χ0n) is 12.7. The van der Waals surface area contributed by atoms with Crippen molar-refractivity contribution >= 4 is 30.8 Å². The van der Waals surface area contributed by atoms with Crippen LogP contribution in [0.25, 0.3) is 0 Å². The first-order chi connectivity index (χ1) is 9.70. The molecule has 5 nitrogen and oxygen atoms in total. The lowest BCUT2D eigenvalue weighted by atomic mass is 10.1. The van der Waals surface area contributed by atoms with Gasteiger partial charge in [0.15, 0.2) is 0 Å². The molecule has 1 aliphatic heterocycles. The minimum absolute atomic E-state index is 0. The molecule has 22 heavy (non-hydrogen) atoms. The number of carbonyl (C=O) groups excluding carboxylic acids is 1. The molecule has 1 fully saturated rings. The van der Waals surface area contributed by atoms with Crippen molar-refractivity contribution in [2.75, 3.05) is 33.4 Å². The van der Waals surface area contributed by atoms with Gasteiger partial charge in [0.05, 0.1) is 7.11 Å². The lowest BCUT2D eigenvalue weighted by Gasteiger charge is -2.15. The van der Waals surface area contributed by atoms with Gasteiger partial charge in [0.25, 0.3) is 0 Å². The summed E-state index contributed by atoms with van der Waals surface area (Å²) in [6.07, 6.45) is 2.58. The van der Waals surface area contributed by atoms with E-state index in [1.807, 2.05) is 12.1 Å². The van der Waals surface area contributed by atoms with Gasteiger partial charge >= 0.3 is 5.97 Å². The highest BCUT2D eigenvalue weighted by Crippen LogP contribution is 2.17. The molecule has 2 rings (SSSR count). The molecule has 1 unspecified atom stereocenters. The minimum Gasteiger partial charge on any atom is -0.492 e. The Morgan fingerprint density at radius 2 is 1.82 bits per heavy atom. The molecule has 1 aromatic carbocycles. The average molecular weight is 351 g/mol. The normalized spacial score (nSPS) is 15.4. The van der Waals surface area contributed by atoms with Gasteiger partial charge in [-0.3, -0.25) is 9.69 Å². The Hall–Kier alpha value is -1.01. The summed E-state index contributed by atoms with van der Waals surface area (Å²) in [6, 6.07) is 6.53. The number of carbonyl (C=O) groups is 1. The van der Waals surface area contributed by atoms with Crippen LogP contribution in [0.1, 0.15) is 24.4 Å². The molecule has 0 radical (unpaired) electrons. The monoisotopic (exact) mass is 350 g/mol. The summed E-state index contributed by atoms with van der Waals surface area (Å²) in [4.78, 5) is 13.7. The quantitative estimate of drug-likeness (QED) is 0.796. The van der Waals surface area contributed by atoms with Gasteiger partial charge in [0.1, 0.15) is 18.4 Å². The lowest BCUT2D eigenvalue weighted by molar-refractivity contribution is -0.142. The van der Waals surface area contributed by atoms with Crippen LogP contribution >= 0.6 is 24.8 Å².